The maximum atomic E-state index is 13.0. The van der Waals surface area contributed by atoms with E-state index in [1.54, 1.807) is 7.11 Å². The predicted molar refractivity (Wildman–Crippen MR) is 95.5 cm³/mol. The molecule has 2 atom stereocenters. The van der Waals surface area contributed by atoms with Crippen LogP contribution in [0.25, 0.3) is 0 Å². The van der Waals surface area contributed by atoms with Crippen molar-refractivity contribution >= 4 is 6.03 Å². The molecule has 1 saturated heterocycles. The zero-order valence-corrected chi connectivity index (χ0v) is 15.8. The molecule has 25 heavy (non-hydrogen) atoms. The van der Waals surface area contributed by atoms with Crippen molar-refractivity contribution in [2.24, 2.45) is 0 Å². The lowest BCUT2D eigenvalue weighted by Crippen LogP contribution is -2.56. The topological polar surface area (TPSA) is 72.3 Å². The van der Waals surface area contributed by atoms with E-state index >= 15 is 0 Å². The molecule has 2 aliphatic heterocycles. The van der Waals surface area contributed by atoms with Gasteiger partial charge in [0.25, 0.3) is 0 Å². The Kier molecular flexibility index (Phi) is 5.61. The molecule has 7 heteroatoms. The van der Waals surface area contributed by atoms with E-state index in [-0.39, 0.29) is 17.6 Å². The highest BCUT2D eigenvalue weighted by atomic mass is 16.5. The minimum absolute atomic E-state index is 0.0484. The van der Waals surface area contributed by atoms with E-state index in [1.807, 2.05) is 9.58 Å². The summed E-state index contributed by atoms with van der Waals surface area (Å²) >= 11 is 0. The smallest absolute Gasteiger partial charge is 0.318 e. The van der Waals surface area contributed by atoms with Crippen molar-refractivity contribution in [3.63, 3.8) is 0 Å². The number of amides is 2. The number of carbonyl (C=O) groups is 1. The molecule has 3 heterocycles. The molecule has 0 bridgehead atoms. The molecule has 2 aliphatic rings. The molecular weight excluding hydrogens is 318 g/mol. The summed E-state index contributed by atoms with van der Waals surface area (Å²) < 4.78 is 7.43. The van der Waals surface area contributed by atoms with Gasteiger partial charge < -0.3 is 15.0 Å². The van der Waals surface area contributed by atoms with E-state index in [2.05, 4.69) is 29.2 Å². The first-order chi connectivity index (χ1) is 12.1. The molecule has 0 radical (unpaired) electrons. The number of aryl methyl sites for hydroxylation is 2. The van der Waals surface area contributed by atoms with E-state index in [4.69, 9.17) is 4.74 Å². The third-order valence-electron chi connectivity index (χ3n) is 5.52. The number of aromatic nitrogens is 3. The van der Waals surface area contributed by atoms with Crippen molar-refractivity contribution in [1.82, 2.24) is 25.0 Å². The van der Waals surface area contributed by atoms with E-state index in [0.29, 0.717) is 13.2 Å². The summed E-state index contributed by atoms with van der Waals surface area (Å²) in [6.45, 7) is 6.39. The molecule has 0 aromatic carbocycles. The first-order valence-electron chi connectivity index (χ1n) is 9.61. The fourth-order valence-corrected chi connectivity index (χ4v) is 4.35. The molecule has 0 unspecified atom stereocenters. The van der Waals surface area contributed by atoms with Crippen LogP contribution in [0.4, 0.5) is 4.79 Å². The minimum atomic E-state index is -0.143. The largest absolute Gasteiger partial charge is 0.382 e. The number of hydrogen-bond acceptors (Lipinski definition) is 4. The lowest BCUT2D eigenvalue weighted by Gasteiger charge is -2.39. The summed E-state index contributed by atoms with van der Waals surface area (Å²) in [4.78, 5) is 19.5. The Morgan fingerprint density at radius 2 is 2.28 bits per heavy atom. The molecule has 0 aliphatic carbocycles. The van der Waals surface area contributed by atoms with Crippen LogP contribution in [0, 0.1) is 0 Å². The number of hydrogen-bond donors (Lipinski definition) is 1. The Morgan fingerprint density at radius 3 is 3.00 bits per heavy atom. The number of rotatable bonds is 6. The van der Waals surface area contributed by atoms with Gasteiger partial charge in [-0.15, -0.1) is 0 Å². The zero-order chi connectivity index (χ0) is 17.9. The first-order valence-corrected chi connectivity index (χ1v) is 9.61. The van der Waals surface area contributed by atoms with Crippen molar-refractivity contribution in [2.45, 2.75) is 76.9 Å². The van der Waals surface area contributed by atoms with Crippen molar-refractivity contribution in [3.05, 3.63) is 11.6 Å². The van der Waals surface area contributed by atoms with Crippen LogP contribution < -0.4 is 5.32 Å². The van der Waals surface area contributed by atoms with Crippen molar-refractivity contribution in [3.8, 4) is 0 Å². The van der Waals surface area contributed by atoms with Crippen LogP contribution in [0.15, 0.2) is 0 Å². The SMILES string of the molecule is CCC[C@]1(COC)CCCN1C(=O)N[C@@H]1CCc2nc(CC)nn2C1. The second kappa shape index (κ2) is 7.72. The van der Waals surface area contributed by atoms with Crippen LogP contribution >= 0.6 is 0 Å². The fraction of sp³-hybridized carbons (Fsp3) is 0.833. The van der Waals surface area contributed by atoms with Crippen LogP contribution in [0.2, 0.25) is 0 Å². The highest BCUT2D eigenvalue weighted by molar-refractivity contribution is 5.76. The minimum Gasteiger partial charge on any atom is -0.382 e. The molecular formula is C18H31N5O2. The number of methoxy groups -OCH3 is 1. The second-order valence-corrected chi connectivity index (χ2v) is 7.33. The van der Waals surface area contributed by atoms with Gasteiger partial charge >= 0.3 is 6.03 Å². The number of urea groups is 1. The van der Waals surface area contributed by atoms with Gasteiger partial charge in [-0.2, -0.15) is 5.10 Å². The van der Waals surface area contributed by atoms with E-state index in [9.17, 15) is 4.79 Å². The number of nitrogens with one attached hydrogen (secondary N) is 1. The monoisotopic (exact) mass is 349 g/mol. The maximum absolute atomic E-state index is 13.0. The third kappa shape index (κ3) is 3.66. The van der Waals surface area contributed by atoms with Crippen LogP contribution in [0.3, 0.4) is 0 Å². The summed E-state index contributed by atoms with van der Waals surface area (Å²) in [6, 6.07) is 0.168. The van der Waals surface area contributed by atoms with Gasteiger partial charge in [-0.1, -0.05) is 20.3 Å². The predicted octanol–water partition coefficient (Wildman–Crippen LogP) is 2.15. The van der Waals surface area contributed by atoms with E-state index < -0.39 is 0 Å². The summed E-state index contributed by atoms with van der Waals surface area (Å²) in [5, 5.41) is 7.78. The number of carbonyl (C=O) groups excluding carboxylic acids is 1. The van der Waals surface area contributed by atoms with Crippen molar-refractivity contribution < 1.29 is 9.53 Å². The normalized spacial score (nSPS) is 25.9. The Balaban J connectivity index is 1.65. The average molecular weight is 349 g/mol. The first kappa shape index (κ1) is 18.2. The number of likely N-dealkylation sites (tertiary alicyclic amines) is 1. The lowest BCUT2D eigenvalue weighted by molar-refractivity contribution is 0.0489. The molecule has 0 spiro atoms. The Hall–Kier alpha value is -1.63. The molecule has 0 saturated carbocycles. The molecule has 1 fully saturated rings. The third-order valence-corrected chi connectivity index (χ3v) is 5.52. The van der Waals surface area contributed by atoms with Gasteiger partial charge in [0.15, 0.2) is 5.82 Å². The summed E-state index contributed by atoms with van der Waals surface area (Å²) in [6.07, 6.45) is 6.77. The zero-order valence-electron chi connectivity index (χ0n) is 15.8. The molecule has 1 aromatic rings. The summed E-state index contributed by atoms with van der Waals surface area (Å²) in [7, 11) is 1.73. The average Bonchev–Trinajstić information content (AvgIpc) is 3.19. The molecule has 2 amide bonds. The van der Waals surface area contributed by atoms with Crippen molar-refractivity contribution in [2.75, 3.05) is 20.3 Å². The van der Waals surface area contributed by atoms with Gasteiger partial charge in [0.1, 0.15) is 5.82 Å². The number of fused-ring (bicyclic) bond motifs is 1. The molecule has 1 aromatic heterocycles. The van der Waals surface area contributed by atoms with Gasteiger partial charge in [-0.25, -0.2) is 14.5 Å². The highest BCUT2D eigenvalue weighted by Crippen LogP contribution is 2.34. The van der Waals surface area contributed by atoms with E-state index in [1.165, 1.54) is 0 Å². The fourth-order valence-electron chi connectivity index (χ4n) is 4.35. The summed E-state index contributed by atoms with van der Waals surface area (Å²) in [5.74, 6) is 1.94. The van der Waals surface area contributed by atoms with Gasteiger partial charge in [0.2, 0.25) is 0 Å². The number of ether oxygens (including phenoxy) is 1. The van der Waals surface area contributed by atoms with E-state index in [0.717, 1.165) is 63.1 Å². The maximum Gasteiger partial charge on any atom is 0.318 e. The Labute approximate surface area is 150 Å². The Morgan fingerprint density at radius 1 is 1.44 bits per heavy atom. The van der Waals surface area contributed by atoms with Crippen LogP contribution in [-0.2, 0) is 24.1 Å². The van der Waals surface area contributed by atoms with Crippen molar-refractivity contribution in [1.29, 1.82) is 0 Å². The molecule has 1 N–H and O–H groups in total. The molecule has 3 rings (SSSR count). The van der Waals surface area contributed by atoms with Crippen LogP contribution in [0.1, 0.15) is 57.6 Å². The van der Waals surface area contributed by atoms with Gasteiger partial charge in [0.05, 0.1) is 24.7 Å². The standard InChI is InChI=1S/C18H31N5O2/c1-4-9-18(13-25-3)10-6-11-22(18)17(24)19-14-7-8-16-20-15(5-2)21-23(16)12-14/h14H,4-13H2,1-3H3,(H,19,24)/t14-,18-/m1/s1. The second-order valence-electron chi connectivity index (χ2n) is 7.33. The van der Waals surface area contributed by atoms with Crippen LogP contribution in [-0.4, -0.2) is 57.5 Å². The Bertz CT molecular complexity index is 594. The molecule has 7 nitrogen and oxygen atoms in total. The van der Waals surface area contributed by atoms with Gasteiger partial charge in [0, 0.05) is 26.5 Å². The highest BCUT2D eigenvalue weighted by Gasteiger charge is 2.43. The van der Waals surface area contributed by atoms with Gasteiger partial charge in [-0.3, -0.25) is 0 Å². The van der Waals surface area contributed by atoms with Gasteiger partial charge in [-0.05, 0) is 25.7 Å². The molecule has 140 valence electrons. The quantitative estimate of drug-likeness (QED) is 0.854. The lowest BCUT2D eigenvalue weighted by atomic mass is 9.91. The number of nitrogens with zero attached hydrogens (tertiary/aromatic N) is 4. The summed E-state index contributed by atoms with van der Waals surface area (Å²) in [5.41, 5.74) is -0.143. The van der Waals surface area contributed by atoms with Crippen LogP contribution in [0.5, 0.6) is 0 Å².